The van der Waals surface area contributed by atoms with Crippen LogP contribution in [-0.2, 0) is 14.3 Å². The molecule has 0 radical (unpaired) electrons. The molecule has 3 amide bonds. The summed E-state index contributed by atoms with van der Waals surface area (Å²) in [6.07, 6.45) is 3.88. The van der Waals surface area contributed by atoms with E-state index < -0.39 is 17.7 Å². The summed E-state index contributed by atoms with van der Waals surface area (Å²) in [7, 11) is 0. The Balaban J connectivity index is 2.33. The van der Waals surface area contributed by atoms with Crippen LogP contribution in [0.5, 0.6) is 0 Å². The molecule has 1 aliphatic carbocycles. The van der Waals surface area contributed by atoms with E-state index in [1.165, 1.54) is 0 Å². The number of ether oxygens (including phenoxy) is 1. The van der Waals surface area contributed by atoms with E-state index in [2.05, 4.69) is 17.6 Å². The molecular formula is C26H41N3O4. The smallest absolute Gasteiger partial charge is 0.408 e. The lowest BCUT2D eigenvalue weighted by Crippen LogP contribution is -2.54. The Labute approximate surface area is 198 Å². The molecule has 0 heterocycles. The summed E-state index contributed by atoms with van der Waals surface area (Å²) in [5, 5.41) is 5.67. The number of alkyl carbamates (subject to hydrolysis) is 1. The number of hydrogen-bond acceptors (Lipinski definition) is 4. The third kappa shape index (κ3) is 7.76. The molecule has 1 fully saturated rings. The molecule has 1 aliphatic rings. The topological polar surface area (TPSA) is 87.7 Å². The molecule has 2 N–H and O–H groups in total. The molecule has 2 rings (SSSR count). The highest BCUT2D eigenvalue weighted by molar-refractivity contribution is 5.91. The average molecular weight is 460 g/mol. The number of benzene rings is 1. The van der Waals surface area contributed by atoms with Crippen LogP contribution in [0.1, 0.15) is 89.5 Å². The Morgan fingerprint density at radius 1 is 1.15 bits per heavy atom. The van der Waals surface area contributed by atoms with E-state index in [4.69, 9.17) is 4.74 Å². The lowest BCUT2D eigenvalue weighted by Gasteiger charge is -2.42. The molecule has 33 heavy (non-hydrogen) atoms. The monoisotopic (exact) mass is 459 g/mol. The summed E-state index contributed by atoms with van der Waals surface area (Å²) >= 11 is 0. The largest absolute Gasteiger partial charge is 0.444 e. The molecule has 0 aromatic heterocycles. The van der Waals surface area contributed by atoms with Crippen molar-refractivity contribution in [1.29, 1.82) is 0 Å². The van der Waals surface area contributed by atoms with Crippen molar-refractivity contribution in [2.45, 2.75) is 104 Å². The maximum absolute atomic E-state index is 13.5. The van der Waals surface area contributed by atoms with Crippen molar-refractivity contribution in [3.63, 3.8) is 0 Å². The van der Waals surface area contributed by atoms with Crippen molar-refractivity contribution in [1.82, 2.24) is 15.5 Å². The normalized spacial score (nSPS) is 15.7. The molecule has 0 bridgehead atoms. The Morgan fingerprint density at radius 2 is 1.82 bits per heavy atom. The molecule has 7 nitrogen and oxygen atoms in total. The van der Waals surface area contributed by atoms with E-state index in [-0.39, 0.29) is 30.4 Å². The molecule has 1 saturated carbocycles. The molecular weight excluding hydrogens is 418 g/mol. The Bertz CT molecular complexity index is 842. The molecule has 1 aromatic carbocycles. The first-order valence-electron chi connectivity index (χ1n) is 12.1. The van der Waals surface area contributed by atoms with Crippen LogP contribution in [0.3, 0.4) is 0 Å². The molecule has 2 unspecified atom stereocenters. The van der Waals surface area contributed by atoms with Gasteiger partial charge < -0.3 is 20.3 Å². The number of aryl methyl sites for hydroxylation is 2. The second-order valence-electron chi connectivity index (χ2n) is 10.2. The van der Waals surface area contributed by atoms with Crippen molar-refractivity contribution in [3.05, 3.63) is 34.9 Å². The van der Waals surface area contributed by atoms with Gasteiger partial charge in [0.15, 0.2) is 0 Å². The van der Waals surface area contributed by atoms with Crippen molar-refractivity contribution in [2.75, 3.05) is 6.54 Å². The highest BCUT2D eigenvalue weighted by atomic mass is 16.6. The van der Waals surface area contributed by atoms with Crippen LogP contribution in [0.25, 0.3) is 0 Å². The van der Waals surface area contributed by atoms with Crippen LogP contribution < -0.4 is 10.6 Å². The molecule has 1 aromatic rings. The quantitative estimate of drug-likeness (QED) is 0.567. The highest BCUT2D eigenvalue weighted by Crippen LogP contribution is 2.33. The van der Waals surface area contributed by atoms with Gasteiger partial charge in [0.05, 0.1) is 0 Å². The van der Waals surface area contributed by atoms with Gasteiger partial charge in [0.25, 0.3) is 0 Å². The first kappa shape index (κ1) is 26.7. The van der Waals surface area contributed by atoms with Crippen molar-refractivity contribution >= 4 is 17.9 Å². The number of nitrogens with zero attached hydrogens (tertiary/aromatic N) is 1. The highest BCUT2D eigenvalue weighted by Gasteiger charge is 2.39. The maximum atomic E-state index is 13.5. The average Bonchev–Trinajstić information content (AvgIpc) is 2.65. The van der Waals surface area contributed by atoms with Gasteiger partial charge >= 0.3 is 6.09 Å². The zero-order valence-electron chi connectivity index (χ0n) is 21.3. The van der Waals surface area contributed by atoms with Crippen LogP contribution in [0, 0.1) is 13.8 Å². The number of nitrogens with one attached hydrogen (secondary N) is 2. The summed E-state index contributed by atoms with van der Waals surface area (Å²) < 4.78 is 5.27. The predicted molar refractivity (Wildman–Crippen MR) is 130 cm³/mol. The molecule has 2 atom stereocenters. The van der Waals surface area contributed by atoms with Crippen LogP contribution in [0.2, 0.25) is 0 Å². The van der Waals surface area contributed by atoms with E-state index in [9.17, 15) is 14.4 Å². The summed E-state index contributed by atoms with van der Waals surface area (Å²) in [6.45, 7) is 13.2. The van der Waals surface area contributed by atoms with Gasteiger partial charge in [-0.05, 0) is 83.9 Å². The van der Waals surface area contributed by atoms with Crippen LogP contribution >= 0.6 is 0 Å². The van der Waals surface area contributed by atoms with Gasteiger partial charge in [-0.2, -0.15) is 0 Å². The number of rotatable bonds is 9. The first-order chi connectivity index (χ1) is 15.4. The van der Waals surface area contributed by atoms with E-state index in [1.807, 2.05) is 39.0 Å². The van der Waals surface area contributed by atoms with Gasteiger partial charge in [-0.25, -0.2) is 4.79 Å². The maximum Gasteiger partial charge on any atom is 0.408 e. The summed E-state index contributed by atoms with van der Waals surface area (Å²) in [5.74, 6) is -0.469. The van der Waals surface area contributed by atoms with Crippen molar-refractivity contribution < 1.29 is 19.1 Å². The summed E-state index contributed by atoms with van der Waals surface area (Å²) in [5.41, 5.74) is 2.33. The summed E-state index contributed by atoms with van der Waals surface area (Å²) in [6, 6.07) is 5.14. The second kappa shape index (κ2) is 11.5. The van der Waals surface area contributed by atoms with Crippen LogP contribution in [-0.4, -0.2) is 47.0 Å². The third-order valence-electron chi connectivity index (χ3n) is 6.02. The van der Waals surface area contributed by atoms with Crippen LogP contribution in [0.4, 0.5) is 4.79 Å². The Morgan fingerprint density at radius 3 is 2.33 bits per heavy atom. The summed E-state index contributed by atoms with van der Waals surface area (Å²) in [4.78, 5) is 40.7. The zero-order valence-corrected chi connectivity index (χ0v) is 21.3. The Kier molecular flexibility index (Phi) is 9.32. The van der Waals surface area contributed by atoms with Gasteiger partial charge in [-0.15, -0.1) is 0 Å². The van der Waals surface area contributed by atoms with Gasteiger partial charge in [-0.1, -0.05) is 31.5 Å². The predicted octanol–water partition coefficient (Wildman–Crippen LogP) is 4.56. The molecule has 0 saturated heterocycles. The molecule has 0 aliphatic heterocycles. The standard InChI is InChI=1S/C26H41N3O4/c1-8-10-19(4)28-24(31)23(20-14-13-17(2)18(3)15-20)29(21-11-9-12-21)22(30)16-27-25(32)33-26(5,6)7/h13-15,19,21,23H,8-12,16H2,1-7H3,(H,27,32)(H,28,31). The fourth-order valence-corrected chi connectivity index (χ4v) is 3.98. The van der Waals surface area contributed by atoms with Gasteiger partial charge in [0, 0.05) is 12.1 Å². The third-order valence-corrected chi connectivity index (χ3v) is 6.02. The molecule has 184 valence electrons. The second-order valence-corrected chi connectivity index (χ2v) is 10.2. The van der Waals surface area contributed by atoms with E-state index >= 15 is 0 Å². The minimum absolute atomic E-state index is 0.00905. The van der Waals surface area contributed by atoms with Gasteiger partial charge in [0.2, 0.25) is 11.8 Å². The van der Waals surface area contributed by atoms with E-state index in [1.54, 1.807) is 25.7 Å². The van der Waals surface area contributed by atoms with Gasteiger partial charge in [-0.3, -0.25) is 9.59 Å². The number of amides is 3. The molecule has 0 spiro atoms. The van der Waals surface area contributed by atoms with Gasteiger partial charge in [0.1, 0.15) is 18.2 Å². The lowest BCUT2D eigenvalue weighted by atomic mass is 9.88. The zero-order chi connectivity index (χ0) is 24.8. The Hall–Kier alpha value is -2.57. The van der Waals surface area contributed by atoms with E-state index in [0.717, 1.165) is 48.8 Å². The lowest BCUT2D eigenvalue weighted by molar-refractivity contribution is -0.145. The number of carbonyl (C=O) groups excluding carboxylic acids is 3. The van der Waals surface area contributed by atoms with Crippen molar-refractivity contribution in [2.24, 2.45) is 0 Å². The fourth-order valence-electron chi connectivity index (χ4n) is 3.98. The minimum atomic E-state index is -0.748. The SMILES string of the molecule is CCCC(C)NC(=O)C(c1ccc(C)c(C)c1)N(C(=O)CNC(=O)OC(C)(C)C)C1CCC1. The molecule has 7 heteroatoms. The first-order valence-corrected chi connectivity index (χ1v) is 12.1. The van der Waals surface area contributed by atoms with Crippen LogP contribution in [0.15, 0.2) is 18.2 Å². The minimum Gasteiger partial charge on any atom is -0.444 e. The van der Waals surface area contributed by atoms with E-state index in [0.29, 0.717) is 0 Å². The fraction of sp³-hybridized carbons (Fsp3) is 0.654. The van der Waals surface area contributed by atoms with Crippen molar-refractivity contribution in [3.8, 4) is 0 Å². The number of hydrogen-bond donors (Lipinski definition) is 2. The number of carbonyl (C=O) groups is 3.